The lowest BCUT2D eigenvalue weighted by Gasteiger charge is -2.23. The van der Waals surface area contributed by atoms with Crippen molar-refractivity contribution in [1.82, 2.24) is 15.0 Å². The van der Waals surface area contributed by atoms with Gasteiger partial charge in [-0.05, 0) is 12.1 Å². The van der Waals surface area contributed by atoms with Crippen LogP contribution in [0.2, 0.25) is 0 Å². The van der Waals surface area contributed by atoms with Crippen molar-refractivity contribution in [3.05, 3.63) is 24.3 Å². The van der Waals surface area contributed by atoms with Crippen LogP contribution in [0.3, 0.4) is 0 Å². The average Bonchev–Trinajstić information content (AvgIpc) is 2.47. The molecule has 0 spiro atoms. The molecule has 14 heavy (non-hydrogen) atoms. The van der Waals surface area contributed by atoms with E-state index in [0.717, 1.165) is 22.2 Å². The molecular formula is C10H15N4+. The van der Waals surface area contributed by atoms with E-state index in [9.17, 15) is 0 Å². The van der Waals surface area contributed by atoms with Crippen molar-refractivity contribution in [2.24, 2.45) is 0 Å². The number of hydrogen-bond acceptors (Lipinski definition) is 2. The van der Waals surface area contributed by atoms with Crippen LogP contribution in [0.4, 0.5) is 0 Å². The second-order valence-electron chi connectivity index (χ2n) is 4.51. The second kappa shape index (κ2) is 3.06. The molecule has 1 aromatic carbocycles. The zero-order chi connectivity index (χ0) is 10.2. The highest BCUT2D eigenvalue weighted by Crippen LogP contribution is 2.10. The van der Waals surface area contributed by atoms with Gasteiger partial charge in [-0.25, -0.2) is 0 Å². The van der Waals surface area contributed by atoms with Crippen molar-refractivity contribution < 1.29 is 4.48 Å². The predicted molar refractivity (Wildman–Crippen MR) is 55.6 cm³/mol. The highest BCUT2D eigenvalue weighted by atomic mass is 15.5. The Hall–Kier alpha value is -1.42. The number of nitrogens with zero attached hydrogens (tertiary/aromatic N) is 4. The number of hydrogen-bond donors (Lipinski definition) is 0. The fourth-order valence-corrected chi connectivity index (χ4v) is 1.42. The van der Waals surface area contributed by atoms with Crippen LogP contribution in [0.1, 0.15) is 0 Å². The minimum Gasteiger partial charge on any atom is -0.312 e. The molecule has 0 aliphatic heterocycles. The van der Waals surface area contributed by atoms with E-state index in [1.54, 1.807) is 0 Å². The number of aromatic nitrogens is 3. The molecule has 4 heteroatoms. The molecule has 2 rings (SSSR count). The highest BCUT2D eigenvalue weighted by Gasteiger charge is 2.11. The first-order valence-corrected chi connectivity index (χ1v) is 4.65. The summed E-state index contributed by atoms with van der Waals surface area (Å²) in [6, 6.07) is 8.02. The summed E-state index contributed by atoms with van der Waals surface area (Å²) in [7, 11) is 6.41. The quantitative estimate of drug-likeness (QED) is 0.665. The van der Waals surface area contributed by atoms with Crippen LogP contribution in [0, 0.1) is 0 Å². The molecule has 1 heterocycles. The van der Waals surface area contributed by atoms with Crippen molar-refractivity contribution in [3.8, 4) is 0 Å². The number of rotatable bonds is 2. The lowest BCUT2D eigenvalue weighted by atomic mass is 10.3. The third kappa shape index (κ3) is 1.75. The Kier molecular flexibility index (Phi) is 2.00. The molecule has 0 aliphatic carbocycles. The monoisotopic (exact) mass is 191 g/mol. The zero-order valence-corrected chi connectivity index (χ0v) is 8.81. The lowest BCUT2D eigenvalue weighted by molar-refractivity contribution is -0.893. The second-order valence-corrected chi connectivity index (χ2v) is 4.51. The van der Waals surface area contributed by atoms with Gasteiger partial charge >= 0.3 is 0 Å². The van der Waals surface area contributed by atoms with Gasteiger partial charge in [0.05, 0.1) is 26.7 Å². The topological polar surface area (TPSA) is 30.7 Å². The first-order chi connectivity index (χ1) is 6.56. The Bertz CT molecular complexity index is 439. The first-order valence-electron chi connectivity index (χ1n) is 4.65. The number of fused-ring (bicyclic) bond motifs is 1. The molecule has 0 aliphatic rings. The Morgan fingerprint density at radius 2 is 1.93 bits per heavy atom. The largest absolute Gasteiger partial charge is 0.312 e. The summed E-state index contributed by atoms with van der Waals surface area (Å²) in [5.41, 5.74) is 2.06. The smallest absolute Gasteiger partial charge is 0.176 e. The molecular weight excluding hydrogens is 176 g/mol. The third-order valence-electron chi connectivity index (χ3n) is 1.98. The summed E-state index contributed by atoms with van der Waals surface area (Å²) >= 11 is 0. The summed E-state index contributed by atoms with van der Waals surface area (Å²) < 4.78 is 2.78. The molecule has 0 amide bonds. The normalized spacial score (nSPS) is 12.2. The van der Waals surface area contributed by atoms with Gasteiger partial charge in [-0.15, -0.1) is 5.10 Å². The van der Waals surface area contributed by atoms with Crippen molar-refractivity contribution in [2.75, 3.05) is 21.1 Å². The molecule has 0 radical (unpaired) electrons. The standard InChI is InChI=1S/C10H15N4/c1-14(2,3)8-13-10-7-5-4-6-9(10)11-12-13/h4-7H,8H2,1-3H3/q+1. The summed E-state index contributed by atoms with van der Waals surface area (Å²) in [6.07, 6.45) is 0. The van der Waals surface area contributed by atoms with Crippen LogP contribution in [-0.4, -0.2) is 40.6 Å². The van der Waals surface area contributed by atoms with E-state index in [1.165, 1.54) is 0 Å². The van der Waals surface area contributed by atoms with Gasteiger partial charge in [-0.1, -0.05) is 17.3 Å². The van der Waals surface area contributed by atoms with E-state index >= 15 is 0 Å². The number of benzene rings is 1. The minimum absolute atomic E-state index is 0.834. The average molecular weight is 191 g/mol. The Morgan fingerprint density at radius 1 is 1.21 bits per heavy atom. The Morgan fingerprint density at radius 3 is 2.64 bits per heavy atom. The fourth-order valence-electron chi connectivity index (χ4n) is 1.42. The first kappa shape index (κ1) is 9.15. The van der Waals surface area contributed by atoms with E-state index in [4.69, 9.17) is 0 Å². The van der Waals surface area contributed by atoms with E-state index in [0.29, 0.717) is 0 Å². The molecule has 0 fully saturated rings. The van der Waals surface area contributed by atoms with Crippen LogP contribution in [-0.2, 0) is 6.67 Å². The van der Waals surface area contributed by atoms with Crippen LogP contribution >= 0.6 is 0 Å². The van der Waals surface area contributed by atoms with E-state index in [1.807, 2.05) is 28.9 Å². The molecule has 2 aromatic rings. The van der Waals surface area contributed by atoms with Crippen molar-refractivity contribution in [1.29, 1.82) is 0 Å². The van der Waals surface area contributed by atoms with Gasteiger partial charge in [0.1, 0.15) is 5.52 Å². The van der Waals surface area contributed by atoms with Crippen LogP contribution in [0.5, 0.6) is 0 Å². The van der Waals surface area contributed by atoms with Crippen molar-refractivity contribution in [2.45, 2.75) is 6.67 Å². The highest BCUT2D eigenvalue weighted by molar-refractivity contribution is 5.73. The minimum atomic E-state index is 0.834. The molecule has 0 bridgehead atoms. The van der Waals surface area contributed by atoms with Crippen molar-refractivity contribution in [3.63, 3.8) is 0 Å². The Labute approximate surface area is 83.3 Å². The van der Waals surface area contributed by atoms with E-state index in [-0.39, 0.29) is 0 Å². The van der Waals surface area contributed by atoms with Crippen molar-refractivity contribution >= 4 is 11.0 Å². The number of para-hydroxylation sites is 1. The SMILES string of the molecule is C[N+](C)(C)Cn1nnc2ccccc21. The molecule has 0 atom stereocenters. The Balaban J connectivity index is 2.44. The van der Waals surface area contributed by atoms with Crippen LogP contribution < -0.4 is 0 Å². The third-order valence-corrected chi connectivity index (χ3v) is 1.98. The van der Waals surface area contributed by atoms with Crippen LogP contribution in [0.15, 0.2) is 24.3 Å². The fraction of sp³-hybridized carbons (Fsp3) is 0.400. The molecule has 0 N–H and O–H groups in total. The number of quaternary nitrogens is 1. The van der Waals surface area contributed by atoms with Gasteiger partial charge in [-0.2, -0.15) is 4.68 Å². The summed E-state index contributed by atoms with van der Waals surface area (Å²) in [6.45, 7) is 0.834. The zero-order valence-electron chi connectivity index (χ0n) is 8.81. The molecule has 0 unspecified atom stereocenters. The van der Waals surface area contributed by atoms with Crippen LogP contribution in [0.25, 0.3) is 11.0 Å². The van der Waals surface area contributed by atoms with Gasteiger partial charge in [0.2, 0.25) is 0 Å². The van der Waals surface area contributed by atoms with Gasteiger partial charge in [0, 0.05) is 0 Å². The maximum absolute atomic E-state index is 4.13. The van der Waals surface area contributed by atoms with Gasteiger partial charge in [0.15, 0.2) is 6.67 Å². The van der Waals surface area contributed by atoms with E-state index < -0.39 is 0 Å². The molecule has 0 saturated heterocycles. The molecule has 1 aromatic heterocycles. The maximum Gasteiger partial charge on any atom is 0.176 e. The maximum atomic E-state index is 4.13. The molecule has 74 valence electrons. The molecule has 4 nitrogen and oxygen atoms in total. The van der Waals surface area contributed by atoms with Gasteiger partial charge in [-0.3, -0.25) is 0 Å². The van der Waals surface area contributed by atoms with Gasteiger partial charge in [0.25, 0.3) is 0 Å². The summed E-state index contributed by atoms with van der Waals surface area (Å²) in [4.78, 5) is 0. The van der Waals surface area contributed by atoms with E-state index in [2.05, 4.69) is 31.5 Å². The van der Waals surface area contributed by atoms with Gasteiger partial charge < -0.3 is 4.48 Å². The summed E-state index contributed by atoms with van der Waals surface area (Å²) in [5.74, 6) is 0. The predicted octanol–water partition coefficient (Wildman–Crippen LogP) is 1.09. The molecule has 0 saturated carbocycles. The summed E-state index contributed by atoms with van der Waals surface area (Å²) in [5, 5.41) is 8.24. The lowest BCUT2D eigenvalue weighted by Crippen LogP contribution is -2.36.